The number of nitrogens with zero attached hydrogens (tertiary/aromatic N) is 1. The molecule has 2 aromatic heterocycles. The van der Waals surface area contributed by atoms with E-state index < -0.39 is 0 Å². The third kappa shape index (κ3) is 2.25. The zero-order valence-corrected chi connectivity index (χ0v) is 9.92. The Kier molecular flexibility index (Phi) is 3.58. The molecule has 2 N–H and O–H groups in total. The SMILES string of the molecule is CCOCCc1noc(N)c1-c1cccs1. The summed E-state index contributed by atoms with van der Waals surface area (Å²) >= 11 is 1.63. The Morgan fingerprint density at radius 1 is 1.56 bits per heavy atom. The van der Waals surface area contributed by atoms with Crippen LogP contribution in [0.2, 0.25) is 0 Å². The topological polar surface area (TPSA) is 61.3 Å². The van der Waals surface area contributed by atoms with E-state index in [-0.39, 0.29) is 0 Å². The molecule has 0 aliphatic carbocycles. The summed E-state index contributed by atoms with van der Waals surface area (Å²) in [6, 6.07) is 4.00. The van der Waals surface area contributed by atoms with Crippen molar-refractivity contribution in [1.29, 1.82) is 0 Å². The smallest absolute Gasteiger partial charge is 0.231 e. The Morgan fingerprint density at radius 3 is 3.12 bits per heavy atom. The maximum absolute atomic E-state index is 5.77. The van der Waals surface area contributed by atoms with Gasteiger partial charge in [-0.3, -0.25) is 0 Å². The van der Waals surface area contributed by atoms with Gasteiger partial charge < -0.3 is 15.0 Å². The maximum Gasteiger partial charge on any atom is 0.231 e. The first-order chi connectivity index (χ1) is 7.83. The molecular weight excluding hydrogens is 224 g/mol. The van der Waals surface area contributed by atoms with Gasteiger partial charge in [-0.2, -0.15) is 0 Å². The number of hydrogen-bond donors (Lipinski definition) is 1. The highest BCUT2D eigenvalue weighted by Crippen LogP contribution is 2.33. The second-order valence-electron chi connectivity index (χ2n) is 3.29. The average Bonchev–Trinajstić information content (AvgIpc) is 2.88. The monoisotopic (exact) mass is 238 g/mol. The van der Waals surface area contributed by atoms with Gasteiger partial charge >= 0.3 is 0 Å². The Balaban J connectivity index is 2.20. The van der Waals surface area contributed by atoms with E-state index in [4.69, 9.17) is 15.0 Å². The standard InChI is InChI=1S/C11H14N2O2S/c1-2-14-6-5-8-10(11(12)15-13-8)9-4-3-7-16-9/h3-4,7H,2,5-6,12H2,1H3. The van der Waals surface area contributed by atoms with Crippen molar-refractivity contribution in [2.75, 3.05) is 18.9 Å². The van der Waals surface area contributed by atoms with Crippen LogP contribution in [0.1, 0.15) is 12.6 Å². The van der Waals surface area contributed by atoms with Crippen LogP contribution in [0.4, 0.5) is 5.88 Å². The lowest BCUT2D eigenvalue weighted by Crippen LogP contribution is -1.99. The van der Waals surface area contributed by atoms with Crippen molar-refractivity contribution in [1.82, 2.24) is 5.16 Å². The van der Waals surface area contributed by atoms with Crippen molar-refractivity contribution >= 4 is 17.2 Å². The van der Waals surface area contributed by atoms with Crippen LogP contribution in [0.5, 0.6) is 0 Å². The Bertz CT molecular complexity index is 437. The molecule has 0 saturated heterocycles. The molecular formula is C11H14N2O2S. The first-order valence-electron chi connectivity index (χ1n) is 5.18. The van der Waals surface area contributed by atoms with Gasteiger partial charge in [0.15, 0.2) is 0 Å². The Morgan fingerprint density at radius 2 is 2.44 bits per heavy atom. The lowest BCUT2D eigenvalue weighted by atomic mass is 10.1. The summed E-state index contributed by atoms with van der Waals surface area (Å²) in [5.74, 6) is 0.383. The van der Waals surface area contributed by atoms with Gasteiger partial charge in [0.2, 0.25) is 5.88 Å². The van der Waals surface area contributed by atoms with Crippen molar-refractivity contribution in [3.05, 3.63) is 23.2 Å². The number of nitrogen functional groups attached to an aromatic ring is 1. The van der Waals surface area contributed by atoms with Crippen LogP contribution < -0.4 is 5.73 Å². The highest BCUT2D eigenvalue weighted by molar-refractivity contribution is 7.13. The molecule has 86 valence electrons. The minimum atomic E-state index is 0.383. The van der Waals surface area contributed by atoms with E-state index >= 15 is 0 Å². The maximum atomic E-state index is 5.77. The van der Waals surface area contributed by atoms with Gasteiger partial charge in [0.05, 0.1) is 17.9 Å². The molecule has 0 aliphatic rings. The number of nitrogens with two attached hydrogens (primary N) is 1. The summed E-state index contributed by atoms with van der Waals surface area (Å²) in [6.07, 6.45) is 0.724. The lowest BCUT2D eigenvalue weighted by Gasteiger charge is -2.00. The van der Waals surface area contributed by atoms with E-state index in [1.54, 1.807) is 11.3 Å². The van der Waals surface area contributed by atoms with Crippen molar-refractivity contribution in [3.8, 4) is 10.4 Å². The summed E-state index contributed by atoms with van der Waals surface area (Å²) < 4.78 is 10.3. The molecule has 0 saturated carbocycles. The zero-order valence-electron chi connectivity index (χ0n) is 9.10. The number of ether oxygens (including phenoxy) is 1. The molecule has 16 heavy (non-hydrogen) atoms. The highest BCUT2D eigenvalue weighted by Gasteiger charge is 2.15. The largest absolute Gasteiger partial charge is 0.381 e. The van der Waals surface area contributed by atoms with E-state index in [1.807, 2.05) is 24.4 Å². The lowest BCUT2D eigenvalue weighted by molar-refractivity contribution is 0.149. The first-order valence-corrected chi connectivity index (χ1v) is 6.06. The third-order valence-electron chi connectivity index (χ3n) is 2.24. The first kappa shape index (κ1) is 11.2. The molecule has 4 nitrogen and oxygen atoms in total. The molecule has 2 heterocycles. The summed E-state index contributed by atoms with van der Waals surface area (Å²) in [5, 5.41) is 5.98. The molecule has 0 atom stereocenters. The number of aromatic nitrogens is 1. The molecule has 0 aromatic carbocycles. The summed E-state index contributed by atoms with van der Waals surface area (Å²) in [5.41, 5.74) is 7.55. The minimum absolute atomic E-state index is 0.383. The predicted octanol–water partition coefficient (Wildman–Crippen LogP) is 2.56. The van der Waals surface area contributed by atoms with Crippen LogP contribution in [0.25, 0.3) is 10.4 Å². The van der Waals surface area contributed by atoms with Crippen LogP contribution in [0.3, 0.4) is 0 Å². The van der Waals surface area contributed by atoms with Gasteiger partial charge in [0.1, 0.15) is 0 Å². The van der Waals surface area contributed by atoms with Crippen molar-refractivity contribution < 1.29 is 9.26 Å². The van der Waals surface area contributed by atoms with Gasteiger partial charge in [-0.25, -0.2) is 0 Å². The molecule has 0 aliphatic heterocycles. The van der Waals surface area contributed by atoms with E-state index in [0.29, 0.717) is 19.1 Å². The van der Waals surface area contributed by atoms with Gasteiger partial charge in [-0.15, -0.1) is 11.3 Å². The second-order valence-corrected chi connectivity index (χ2v) is 4.24. The van der Waals surface area contributed by atoms with Gasteiger partial charge in [0, 0.05) is 17.9 Å². The summed E-state index contributed by atoms with van der Waals surface area (Å²) in [4.78, 5) is 1.09. The quantitative estimate of drug-likeness (QED) is 0.813. The second kappa shape index (κ2) is 5.14. The molecule has 0 fully saturated rings. The molecule has 0 spiro atoms. The molecule has 0 radical (unpaired) electrons. The minimum Gasteiger partial charge on any atom is -0.381 e. The van der Waals surface area contributed by atoms with E-state index in [2.05, 4.69) is 5.16 Å². The number of rotatable bonds is 5. The highest BCUT2D eigenvalue weighted by atomic mass is 32.1. The fourth-order valence-corrected chi connectivity index (χ4v) is 2.30. The van der Waals surface area contributed by atoms with Crippen LogP contribution in [-0.2, 0) is 11.2 Å². The van der Waals surface area contributed by atoms with Crippen molar-refractivity contribution in [3.63, 3.8) is 0 Å². The van der Waals surface area contributed by atoms with Crippen LogP contribution >= 0.6 is 11.3 Å². The van der Waals surface area contributed by atoms with Crippen molar-refractivity contribution in [2.45, 2.75) is 13.3 Å². The van der Waals surface area contributed by atoms with Gasteiger partial charge in [-0.05, 0) is 18.4 Å². The van der Waals surface area contributed by atoms with E-state index in [9.17, 15) is 0 Å². The number of anilines is 1. The summed E-state index contributed by atoms with van der Waals surface area (Å²) in [6.45, 7) is 3.32. The summed E-state index contributed by atoms with van der Waals surface area (Å²) in [7, 11) is 0. The van der Waals surface area contributed by atoms with Crippen molar-refractivity contribution in [2.24, 2.45) is 0 Å². The van der Waals surface area contributed by atoms with Crippen LogP contribution in [0, 0.1) is 0 Å². The third-order valence-corrected chi connectivity index (χ3v) is 3.13. The van der Waals surface area contributed by atoms with Gasteiger partial charge in [0.25, 0.3) is 0 Å². The fraction of sp³-hybridized carbons (Fsp3) is 0.364. The molecule has 2 rings (SSSR count). The van der Waals surface area contributed by atoms with Crippen LogP contribution in [0.15, 0.2) is 22.0 Å². The van der Waals surface area contributed by atoms with Crippen LogP contribution in [-0.4, -0.2) is 18.4 Å². The molecule has 0 unspecified atom stereocenters. The normalized spacial score (nSPS) is 10.8. The molecule has 5 heteroatoms. The van der Waals surface area contributed by atoms with Gasteiger partial charge in [-0.1, -0.05) is 11.2 Å². The molecule has 0 amide bonds. The number of thiophene rings is 1. The van der Waals surface area contributed by atoms with E-state index in [1.165, 1.54) is 0 Å². The Hall–Kier alpha value is -1.33. The molecule has 0 bridgehead atoms. The predicted molar refractivity (Wildman–Crippen MR) is 64.4 cm³/mol. The average molecular weight is 238 g/mol. The zero-order chi connectivity index (χ0) is 11.4. The fourth-order valence-electron chi connectivity index (χ4n) is 1.51. The molecule has 2 aromatic rings. The number of hydrogen-bond acceptors (Lipinski definition) is 5. The van der Waals surface area contributed by atoms with E-state index in [0.717, 1.165) is 22.6 Å². The Labute approximate surface area is 98.0 Å².